The van der Waals surface area contributed by atoms with Crippen molar-refractivity contribution in [2.75, 3.05) is 10.6 Å². The number of hydrogen-bond acceptors (Lipinski definition) is 2. The molecule has 0 aliphatic heterocycles. The molecule has 2 N–H and O–H groups in total. The molecular formula is C21H23ClN2O2. The molecule has 5 heteroatoms. The Morgan fingerprint density at radius 2 is 1.27 bits per heavy atom. The van der Waals surface area contributed by atoms with Crippen LogP contribution in [0.1, 0.15) is 39.2 Å². The molecule has 4 nitrogen and oxygen atoms in total. The van der Waals surface area contributed by atoms with Crippen LogP contribution in [0.3, 0.4) is 0 Å². The molecule has 26 heavy (non-hydrogen) atoms. The maximum atomic E-state index is 12.7. The van der Waals surface area contributed by atoms with E-state index in [4.69, 9.17) is 11.6 Å². The van der Waals surface area contributed by atoms with Gasteiger partial charge in [0.25, 0.3) is 0 Å². The zero-order valence-corrected chi connectivity index (χ0v) is 16.0. The Morgan fingerprint density at radius 1 is 0.846 bits per heavy atom. The Morgan fingerprint density at radius 3 is 1.65 bits per heavy atom. The Labute approximate surface area is 158 Å². The minimum Gasteiger partial charge on any atom is -0.325 e. The van der Waals surface area contributed by atoms with Gasteiger partial charge in [-0.3, -0.25) is 9.59 Å². The number of halogens is 1. The molecule has 0 atom stereocenters. The van der Waals surface area contributed by atoms with Gasteiger partial charge in [-0.05, 0) is 60.2 Å². The molecule has 1 aliphatic rings. The normalized spacial score (nSPS) is 15.2. The standard InChI is InChI=1S/C21H23ClN2O2/c1-20(2,3)14-4-8-16(9-5-14)23-18(25)21(12-13-21)19(26)24-17-10-6-15(22)7-11-17/h4-11H,12-13H2,1-3H3,(H,23,25)(H,24,26). The van der Waals surface area contributed by atoms with E-state index in [1.54, 1.807) is 24.3 Å². The van der Waals surface area contributed by atoms with Crippen molar-refractivity contribution >= 4 is 34.8 Å². The van der Waals surface area contributed by atoms with Gasteiger partial charge in [0.1, 0.15) is 5.41 Å². The number of nitrogens with one attached hydrogen (secondary N) is 2. The Hall–Kier alpha value is -2.33. The molecule has 1 saturated carbocycles. The Balaban J connectivity index is 1.67. The van der Waals surface area contributed by atoms with E-state index in [0.29, 0.717) is 29.2 Å². The fourth-order valence-electron chi connectivity index (χ4n) is 2.77. The molecule has 2 aromatic rings. The molecule has 2 amide bonds. The number of rotatable bonds is 4. The Bertz CT molecular complexity index is 817. The lowest BCUT2D eigenvalue weighted by molar-refractivity contribution is -0.131. The summed E-state index contributed by atoms with van der Waals surface area (Å²) in [5.41, 5.74) is 1.60. The minimum absolute atomic E-state index is 0.0543. The van der Waals surface area contributed by atoms with E-state index in [0.717, 1.165) is 0 Å². The van der Waals surface area contributed by atoms with Gasteiger partial charge in [-0.25, -0.2) is 0 Å². The van der Waals surface area contributed by atoms with Crippen LogP contribution in [-0.4, -0.2) is 11.8 Å². The molecule has 2 aromatic carbocycles. The van der Waals surface area contributed by atoms with Crippen LogP contribution in [0.15, 0.2) is 48.5 Å². The summed E-state index contributed by atoms with van der Waals surface area (Å²) in [4.78, 5) is 25.3. The second-order valence-corrected chi connectivity index (χ2v) is 8.26. The largest absolute Gasteiger partial charge is 0.325 e. The number of carbonyl (C=O) groups is 2. The average molecular weight is 371 g/mol. The molecule has 0 bridgehead atoms. The molecule has 0 unspecified atom stereocenters. The van der Waals surface area contributed by atoms with Crippen LogP contribution in [0.2, 0.25) is 5.02 Å². The van der Waals surface area contributed by atoms with Gasteiger partial charge in [-0.15, -0.1) is 0 Å². The number of benzene rings is 2. The van der Waals surface area contributed by atoms with Gasteiger partial charge < -0.3 is 10.6 Å². The van der Waals surface area contributed by atoms with Crippen LogP contribution < -0.4 is 10.6 Å². The van der Waals surface area contributed by atoms with Gasteiger partial charge in [0.2, 0.25) is 11.8 Å². The average Bonchev–Trinajstić information content (AvgIpc) is 3.38. The van der Waals surface area contributed by atoms with Gasteiger partial charge in [0.05, 0.1) is 0 Å². The minimum atomic E-state index is -0.984. The van der Waals surface area contributed by atoms with E-state index in [9.17, 15) is 9.59 Å². The number of carbonyl (C=O) groups excluding carboxylic acids is 2. The van der Waals surface area contributed by atoms with Crippen LogP contribution >= 0.6 is 11.6 Å². The topological polar surface area (TPSA) is 58.2 Å². The molecule has 136 valence electrons. The summed E-state index contributed by atoms with van der Waals surface area (Å²) in [5.74, 6) is -0.531. The maximum Gasteiger partial charge on any atom is 0.240 e. The van der Waals surface area contributed by atoms with Gasteiger partial charge in [-0.2, -0.15) is 0 Å². The number of hydrogen-bond donors (Lipinski definition) is 2. The van der Waals surface area contributed by atoms with E-state index in [-0.39, 0.29) is 17.2 Å². The van der Waals surface area contributed by atoms with Crippen LogP contribution in [0.5, 0.6) is 0 Å². The molecule has 1 aliphatic carbocycles. The van der Waals surface area contributed by atoms with E-state index in [1.165, 1.54) is 5.56 Å². The van der Waals surface area contributed by atoms with Gasteiger partial charge in [-0.1, -0.05) is 44.5 Å². The van der Waals surface area contributed by atoms with Crippen LogP contribution in [0.4, 0.5) is 11.4 Å². The highest BCUT2D eigenvalue weighted by Crippen LogP contribution is 2.47. The quantitative estimate of drug-likeness (QED) is 0.744. The van der Waals surface area contributed by atoms with Gasteiger partial charge in [0.15, 0.2) is 0 Å². The molecule has 0 radical (unpaired) electrons. The summed E-state index contributed by atoms with van der Waals surface area (Å²) in [6, 6.07) is 14.6. The summed E-state index contributed by atoms with van der Waals surface area (Å²) in [6.07, 6.45) is 1.11. The second kappa shape index (κ2) is 6.76. The smallest absolute Gasteiger partial charge is 0.240 e. The van der Waals surface area contributed by atoms with Crippen molar-refractivity contribution < 1.29 is 9.59 Å². The summed E-state index contributed by atoms with van der Waals surface area (Å²) >= 11 is 5.85. The summed E-state index contributed by atoms with van der Waals surface area (Å²) in [7, 11) is 0. The van der Waals surface area contributed by atoms with Crippen molar-refractivity contribution in [3.63, 3.8) is 0 Å². The zero-order valence-electron chi connectivity index (χ0n) is 15.2. The fourth-order valence-corrected chi connectivity index (χ4v) is 2.90. The fraction of sp³-hybridized carbons (Fsp3) is 0.333. The third-order valence-electron chi connectivity index (χ3n) is 4.73. The monoisotopic (exact) mass is 370 g/mol. The van der Waals surface area contributed by atoms with E-state index < -0.39 is 5.41 Å². The van der Waals surface area contributed by atoms with Crippen molar-refractivity contribution in [1.82, 2.24) is 0 Å². The lowest BCUT2D eigenvalue weighted by Gasteiger charge is -2.20. The van der Waals surface area contributed by atoms with Crippen molar-refractivity contribution in [3.8, 4) is 0 Å². The van der Waals surface area contributed by atoms with Crippen molar-refractivity contribution in [2.24, 2.45) is 5.41 Å². The molecule has 0 spiro atoms. The number of anilines is 2. The molecule has 0 saturated heterocycles. The highest BCUT2D eigenvalue weighted by molar-refractivity contribution is 6.30. The van der Waals surface area contributed by atoms with Crippen molar-refractivity contribution in [2.45, 2.75) is 39.0 Å². The summed E-state index contributed by atoms with van der Waals surface area (Å²) < 4.78 is 0. The first-order valence-corrected chi connectivity index (χ1v) is 9.08. The van der Waals surface area contributed by atoms with Crippen LogP contribution in [0.25, 0.3) is 0 Å². The van der Waals surface area contributed by atoms with Crippen LogP contribution in [0, 0.1) is 5.41 Å². The summed E-state index contributed by atoms with van der Waals surface area (Å²) in [5, 5.41) is 6.29. The SMILES string of the molecule is CC(C)(C)c1ccc(NC(=O)C2(C(=O)Nc3ccc(Cl)cc3)CC2)cc1. The van der Waals surface area contributed by atoms with E-state index in [2.05, 4.69) is 31.4 Å². The van der Waals surface area contributed by atoms with Crippen LogP contribution in [-0.2, 0) is 15.0 Å². The van der Waals surface area contributed by atoms with Gasteiger partial charge >= 0.3 is 0 Å². The molecule has 0 heterocycles. The predicted octanol–water partition coefficient (Wildman–Crippen LogP) is 4.99. The second-order valence-electron chi connectivity index (χ2n) is 7.82. The maximum absolute atomic E-state index is 12.7. The van der Waals surface area contributed by atoms with Gasteiger partial charge in [0, 0.05) is 16.4 Å². The van der Waals surface area contributed by atoms with Crippen molar-refractivity contribution in [1.29, 1.82) is 0 Å². The third-order valence-corrected chi connectivity index (χ3v) is 4.98. The van der Waals surface area contributed by atoms with E-state index in [1.807, 2.05) is 24.3 Å². The lowest BCUT2D eigenvalue weighted by Crippen LogP contribution is -2.35. The molecule has 1 fully saturated rings. The predicted molar refractivity (Wildman–Crippen MR) is 106 cm³/mol. The first kappa shape index (κ1) is 18.5. The Kier molecular flexibility index (Phi) is 4.80. The summed E-state index contributed by atoms with van der Waals surface area (Å²) in [6.45, 7) is 6.42. The lowest BCUT2D eigenvalue weighted by atomic mass is 9.87. The molecule has 3 rings (SSSR count). The first-order chi connectivity index (χ1) is 12.2. The number of amides is 2. The first-order valence-electron chi connectivity index (χ1n) is 8.70. The van der Waals surface area contributed by atoms with Crippen molar-refractivity contribution in [3.05, 3.63) is 59.1 Å². The highest BCUT2D eigenvalue weighted by atomic mass is 35.5. The molecule has 0 aromatic heterocycles. The highest BCUT2D eigenvalue weighted by Gasteiger charge is 2.56. The molecular weight excluding hydrogens is 348 g/mol. The third kappa shape index (κ3) is 3.91. The zero-order chi connectivity index (χ0) is 18.9. The van der Waals surface area contributed by atoms with E-state index >= 15 is 0 Å².